The van der Waals surface area contributed by atoms with Crippen LogP contribution in [0.4, 0.5) is 17.3 Å². The van der Waals surface area contributed by atoms with Gasteiger partial charge in [0.2, 0.25) is 22.4 Å². The fourth-order valence-electron chi connectivity index (χ4n) is 6.70. The summed E-state index contributed by atoms with van der Waals surface area (Å²) >= 11 is 17.5. The predicted molar refractivity (Wildman–Crippen MR) is 230 cm³/mol. The van der Waals surface area contributed by atoms with E-state index in [0.717, 1.165) is 5.56 Å². The summed E-state index contributed by atoms with van der Waals surface area (Å²) < 4.78 is 103. The second kappa shape index (κ2) is 18.1. The molecular formula is C37H37Cl2N7O10S4. The van der Waals surface area contributed by atoms with Crippen LogP contribution in [-0.4, -0.2) is 86.9 Å². The van der Waals surface area contributed by atoms with E-state index in [-0.39, 0.29) is 62.9 Å². The number of hydrogen-bond donors (Lipinski definition) is 5. The Balaban J connectivity index is 1.32. The first-order valence-electron chi connectivity index (χ1n) is 18.0. The van der Waals surface area contributed by atoms with Gasteiger partial charge in [0, 0.05) is 30.8 Å². The number of allylic oxidation sites excluding steroid dienone is 2. The van der Waals surface area contributed by atoms with Gasteiger partial charge in [0.05, 0.1) is 32.6 Å². The number of hydrogen-bond acceptors (Lipinski definition) is 13. The van der Waals surface area contributed by atoms with Crippen molar-refractivity contribution in [3.63, 3.8) is 0 Å². The van der Waals surface area contributed by atoms with Gasteiger partial charge >= 0.3 is 0 Å². The average molecular weight is 939 g/mol. The van der Waals surface area contributed by atoms with Gasteiger partial charge in [-0.25, -0.2) is 0 Å². The zero-order valence-corrected chi connectivity index (χ0v) is 36.3. The molecule has 0 bridgehead atoms. The standard InChI is InChI=1S/C37H37Cl2N7O10S4/c1-2-44-31-21-25(59(51,52)53)13-15-28(31)27(29-16-14-26(22-32(29)44)60(54,55)56)7-3-4-8-30-33(47)46(37(57)45(30)19-5-6-20-58(48,49)50)24-11-9-23(10-12-24)17-18-40-36-42-34(38)41-35(39)43-36/h4,7-16,21-22,47H,2-3,5-6,17-20H2,1H3,(H,48,49,50)(H,51,52,53)(H,54,55,56)(H,40,41,42,43). The normalized spacial score (nSPS) is 13.1. The Kier molecular flexibility index (Phi) is 13.5. The highest BCUT2D eigenvalue weighted by molar-refractivity contribution is 7.86. The summed E-state index contributed by atoms with van der Waals surface area (Å²) in [5.41, 5.74) is 4.29. The van der Waals surface area contributed by atoms with Crippen LogP contribution < -0.4 is 10.2 Å². The van der Waals surface area contributed by atoms with Crippen molar-refractivity contribution in [3.05, 3.63) is 111 Å². The molecular weight excluding hydrogens is 902 g/mol. The fraction of sp³-hybridized carbons (Fsp3) is 0.243. The minimum absolute atomic E-state index is 0.0439. The maximum atomic E-state index is 12.1. The number of halogens is 2. The van der Waals surface area contributed by atoms with Crippen molar-refractivity contribution in [2.45, 2.75) is 48.9 Å². The molecule has 3 aromatic carbocycles. The van der Waals surface area contributed by atoms with Gasteiger partial charge in [-0.05, 0) is 122 Å². The summed E-state index contributed by atoms with van der Waals surface area (Å²) in [5, 5.41) is 14.6. The quantitative estimate of drug-likeness (QED) is 0.0379. The number of fused-ring (bicyclic) bond motifs is 2. The zero-order chi connectivity index (χ0) is 43.6. The van der Waals surface area contributed by atoms with Crippen LogP contribution in [0.25, 0.3) is 17.3 Å². The summed E-state index contributed by atoms with van der Waals surface area (Å²) in [6.07, 6.45) is 6.41. The fourth-order valence-corrected chi connectivity index (χ4v) is 9.01. The average Bonchev–Trinajstić information content (AvgIpc) is 3.40. The molecule has 60 heavy (non-hydrogen) atoms. The largest absolute Gasteiger partial charge is 0.493 e. The van der Waals surface area contributed by atoms with Crippen LogP contribution in [0, 0.1) is 4.77 Å². The molecule has 1 aliphatic rings. The van der Waals surface area contributed by atoms with Crippen molar-refractivity contribution < 1.29 is 44.0 Å². The lowest BCUT2D eigenvalue weighted by Crippen LogP contribution is -2.23. The molecule has 0 unspecified atom stereocenters. The monoisotopic (exact) mass is 937 g/mol. The maximum Gasteiger partial charge on any atom is 0.294 e. The first kappa shape index (κ1) is 44.8. The molecule has 0 aliphatic carbocycles. The van der Waals surface area contributed by atoms with Crippen molar-refractivity contribution in [2.24, 2.45) is 0 Å². The molecule has 0 saturated carbocycles. The predicted octanol–water partition coefficient (Wildman–Crippen LogP) is 7.03. The van der Waals surface area contributed by atoms with E-state index in [9.17, 15) is 44.0 Å². The molecule has 318 valence electrons. The number of nitrogens with one attached hydrogen (secondary N) is 1. The molecule has 5 N–H and O–H groups in total. The van der Waals surface area contributed by atoms with Gasteiger partial charge in [0.1, 0.15) is 5.69 Å². The first-order valence-corrected chi connectivity index (χ1v) is 23.7. The van der Waals surface area contributed by atoms with E-state index in [1.54, 1.807) is 40.7 Å². The Morgan fingerprint density at radius 3 is 1.93 bits per heavy atom. The topological polar surface area (TPSA) is 247 Å². The molecule has 17 nitrogen and oxygen atoms in total. The van der Waals surface area contributed by atoms with Gasteiger partial charge in [-0.15, -0.1) is 0 Å². The SMILES string of the molecule is CCN1c2cc(S(=O)(=O)O)ccc2C(=CCC=Cc2c(O)n(-c3ccc(CCNc4nc(Cl)nc(Cl)n4)cc3)c(=S)n2CCCCS(=O)(=O)O)c2ccc(S(=O)(=O)O)cc21. The van der Waals surface area contributed by atoms with E-state index in [1.165, 1.54) is 41.0 Å². The molecule has 0 amide bonds. The number of aromatic nitrogens is 5. The minimum atomic E-state index is -4.60. The summed E-state index contributed by atoms with van der Waals surface area (Å²) in [6.45, 7) is 2.69. The Bertz CT molecular complexity index is 2810. The number of benzene rings is 3. The lowest BCUT2D eigenvalue weighted by Gasteiger charge is -2.34. The molecule has 0 spiro atoms. The molecule has 0 saturated heterocycles. The minimum Gasteiger partial charge on any atom is -0.493 e. The lowest BCUT2D eigenvalue weighted by molar-refractivity contribution is 0.440. The molecule has 5 aromatic rings. The number of anilines is 3. The molecule has 2 aromatic heterocycles. The van der Waals surface area contributed by atoms with Crippen molar-refractivity contribution >= 4 is 94.7 Å². The van der Waals surface area contributed by atoms with Gasteiger partial charge < -0.3 is 19.9 Å². The third-order valence-corrected chi connectivity index (χ3v) is 12.7. The van der Waals surface area contributed by atoms with Gasteiger partial charge in [-0.3, -0.25) is 18.2 Å². The first-order chi connectivity index (χ1) is 28.2. The van der Waals surface area contributed by atoms with E-state index in [2.05, 4.69) is 20.3 Å². The Hall–Kier alpha value is -4.71. The van der Waals surface area contributed by atoms with Crippen LogP contribution in [0.2, 0.25) is 10.6 Å². The number of nitrogens with zero attached hydrogens (tertiary/aromatic N) is 6. The molecule has 23 heteroatoms. The van der Waals surface area contributed by atoms with Crippen LogP contribution in [0.5, 0.6) is 5.88 Å². The highest BCUT2D eigenvalue weighted by Crippen LogP contribution is 2.46. The van der Waals surface area contributed by atoms with Crippen LogP contribution >= 0.6 is 35.4 Å². The Morgan fingerprint density at radius 1 is 0.817 bits per heavy atom. The zero-order valence-electron chi connectivity index (χ0n) is 31.5. The summed E-state index contributed by atoms with van der Waals surface area (Å²) in [6, 6.07) is 15.4. The summed E-state index contributed by atoms with van der Waals surface area (Å²) in [5.74, 6) is -0.424. The van der Waals surface area contributed by atoms with Gasteiger partial charge in [0.15, 0.2) is 4.77 Å². The van der Waals surface area contributed by atoms with Crippen molar-refractivity contribution in [1.82, 2.24) is 24.1 Å². The van der Waals surface area contributed by atoms with Gasteiger partial charge in [-0.1, -0.05) is 36.4 Å². The molecule has 0 atom stereocenters. The van der Waals surface area contributed by atoms with Gasteiger partial charge in [-0.2, -0.15) is 40.2 Å². The number of rotatable bonds is 16. The van der Waals surface area contributed by atoms with Crippen molar-refractivity contribution in [1.29, 1.82) is 0 Å². The van der Waals surface area contributed by atoms with Gasteiger partial charge in [0.25, 0.3) is 30.4 Å². The molecule has 0 fully saturated rings. The highest BCUT2D eigenvalue weighted by Gasteiger charge is 2.29. The van der Waals surface area contributed by atoms with E-state index in [4.69, 9.17) is 35.4 Å². The van der Waals surface area contributed by atoms with Crippen LogP contribution in [0.15, 0.2) is 82.6 Å². The van der Waals surface area contributed by atoms with E-state index in [0.29, 0.717) is 58.8 Å². The van der Waals surface area contributed by atoms with E-state index < -0.39 is 36.1 Å². The molecule has 3 heterocycles. The maximum absolute atomic E-state index is 12.1. The number of unbranched alkanes of at least 4 members (excludes halogenated alkanes) is 1. The Labute approximate surface area is 360 Å². The van der Waals surface area contributed by atoms with E-state index in [1.807, 2.05) is 18.2 Å². The summed E-state index contributed by atoms with van der Waals surface area (Å²) in [7, 11) is -13.4. The molecule has 0 radical (unpaired) electrons. The third-order valence-electron chi connectivity index (χ3n) is 9.41. The molecule has 1 aliphatic heterocycles. The number of imidazole rings is 1. The second-order valence-electron chi connectivity index (χ2n) is 13.3. The van der Waals surface area contributed by atoms with E-state index >= 15 is 0 Å². The van der Waals surface area contributed by atoms with Crippen LogP contribution in [-0.2, 0) is 43.3 Å². The van der Waals surface area contributed by atoms with Crippen LogP contribution in [0.3, 0.4) is 0 Å². The summed E-state index contributed by atoms with van der Waals surface area (Å²) in [4.78, 5) is 12.6. The van der Waals surface area contributed by atoms with Crippen molar-refractivity contribution in [2.75, 3.05) is 29.1 Å². The number of aromatic hydroxyl groups is 1. The second-order valence-corrected chi connectivity index (χ2v) is 18.8. The molecule has 6 rings (SSSR count). The smallest absolute Gasteiger partial charge is 0.294 e. The van der Waals surface area contributed by atoms with Crippen LogP contribution in [0.1, 0.15) is 48.6 Å². The highest BCUT2D eigenvalue weighted by atomic mass is 35.5. The third kappa shape index (κ3) is 10.4. The lowest BCUT2D eigenvalue weighted by atomic mass is 9.89. The van der Waals surface area contributed by atoms with Crippen molar-refractivity contribution in [3.8, 4) is 11.6 Å². The Morgan fingerprint density at radius 2 is 1.40 bits per heavy atom.